The molecule has 0 radical (unpaired) electrons. The summed E-state index contributed by atoms with van der Waals surface area (Å²) in [5.41, 5.74) is 0. The van der Waals surface area contributed by atoms with Crippen molar-refractivity contribution in [2.45, 2.75) is 26.4 Å². The number of aromatic nitrogens is 4. The zero-order valence-electron chi connectivity index (χ0n) is 7.07. The minimum atomic E-state index is 0.457. The highest BCUT2D eigenvalue weighted by atomic mass is 15.6. The van der Waals surface area contributed by atoms with Crippen molar-refractivity contribution in [1.82, 2.24) is 25.5 Å². The highest BCUT2D eigenvalue weighted by Gasteiger charge is 1.99. The third-order valence-electron chi connectivity index (χ3n) is 1.22. The second kappa shape index (κ2) is 3.43. The third kappa shape index (κ3) is 2.63. The van der Waals surface area contributed by atoms with Crippen LogP contribution in [0.4, 0.5) is 0 Å². The summed E-state index contributed by atoms with van der Waals surface area (Å²) in [6, 6.07) is 0.457. The first-order chi connectivity index (χ1) is 5.18. The molecular weight excluding hydrogens is 142 g/mol. The number of aryl methyl sites for hydroxylation is 1. The fraction of sp³-hybridized carbons (Fsp3) is 0.833. The van der Waals surface area contributed by atoms with Crippen LogP contribution >= 0.6 is 0 Å². The molecule has 11 heavy (non-hydrogen) atoms. The highest BCUT2D eigenvalue weighted by Crippen LogP contribution is 1.85. The molecule has 0 unspecified atom stereocenters. The fourth-order valence-electron chi connectivity index (χ4n) is 0.690. The van der Waals surface area contributed by atoms with Crippen molar-refractivity contribution in [3.63, 3.8) is 0 Å². The van der Waals surface area contributed by atoms with Crippen LogP contribution in [0.25, 0.3) is 0 Å². The molecule has 1 N–H and O–H groups in total. The second-order valence-corrected chi connectivity index (χ2v) is 2.73. The molecule has 0 bridgehead atoms. The van der Waals surface area contributed by atoms with E-state index in [-0.39, 0.29) is 0 Å². The van der Waals surface area contributed by atoms with Gasteiger partial charge >= 0.3 is 0 Å². The smallest absolute Gasteiger partial charge is 0.188 e. The Morgan fingerprint density at radius 2 is 2.27 bits per heavy atom. The maximum Gasteiger partial charge on any atom is 0.188 e. The standard InChI is InChI=1S/C6H13N5/c1-5(2)7-4-6-8-10-11(3)9-6/h5,7H,4H2,1-3H3. The molecule has 0 saturated carbocycles. The largest absolute Gasteiger partial charge is 0.307 e. The summed E-state index contributed by atoms with van der Waals surface area (Å²) in [7, 11) is 1.76. The molecule has 0 fully saturated rings. The molecule has 1 heterocycles. The van der Waals surface area contributed by atoms with Crippen LogP contribution in [0.15, 0.2) is 0 Å². The van der Waals surface area contributed by atoms with Crippen molar-refractivity contribution >= 4 is 0 Å². The molecule has 0 aromatic carbocycles. The third-order valence-corrected chi connectivity index (χ3v) is 1.22. The van der Waals surface area contributed by atoms with Crippen molar-refractivity contribution in [2.24, 2.45) is 7.05 Å². The predicted molar refractivity (Wildman–Crippen MR) is 40.8 cm³/mol. The number of hydrogen-bond acceptors (Lipinski definition) is 4. The highest BCUT2D eigenvalue weighted by molar-refractivity contribution is 4.75. The minimum absolute atomic E-state index is 0.457. The summed E-state index contributed by atoms with van der Waals surface area (Å²) in [5.74, 6) is 0.737. The van der Waals surface area contributed by atoms with Gasteiger partial charge in [-0.1, -0.05) is 13.8 Å². The second-order valence-electron chi connectivity index (χ2n) is 2.73. The Hall–Kier alpha value is -0.970. The van der Waals surface area contributed by atoms with Gasteiger partial charge in [-0.05, 0) is 5.21 Å². The summed E-state index contributed by atoms with van der Waals surface area (Å²) in [4.78, 5) is 1.46. The van der Waals surface area contributed by atoms with Crippen LogP contribution in [0.5, 0.6) is 0 Å². The van der Waals surface area contributed by atoms with Crippen LogP contribution < -0.4 is 5.32 Å². The molecule has 0 spiro atoms. The van der Waals surface area contributed by atoms with E-state index in [9.17, 15) is 0 Å². The zero-order valence-corrected chi connectivity index (χ0v) is 7.07. The lowest BCUT2D eigenvalue weighted by molar-refractivity contribution is 0.568. The van der Waals surface area contributed by atoms with E-state index in [4.69, 9.17) is 0 Å². The molecule has 0 amide bonds. The van der Waals surface area contributed by atoms with Gasteiger partial charge in [-0.15, -0.1) is 10.2 Å². The summed E-state index contributed by atoms with van der Waals surface area (Å²) in [6.45, 7) is 4.85. The van der Waals surface area contributed by atoms with E-state index >= 15 is 0 Å². The number of rotatable bonds is 3. The van der Waals surface area contributed by atoms with Crippen molar-refractivity contribution in [3.8, 4) is 0 Å². The number of nitrogens with one attached hydrogen (secondary N) is 1. The predicted octanol–water partition coefficient (Wildman–Crippen LogP) is -0.292. The molecule has 0 aliphatic heterocycles. The van der Waals surface area contributed by atoms with Crippen molar-refractivity contribution in [2.75, 3.05) is 0 Å². The van der Waals surface area contributed by atoms with Crippen LogP contribution in [-0.4, -0.2) is 26.2 Å². The minimum Gasteiger partial charge on any atom is -0.307 e. The Kier molecular flexibility index (Phi) is 2.53. The first-order valence-corrected chi connectivity index (χ1v) is 3.64. The molecule has 1 rings (SSSR count). The number of tetrazole rings is 1. The Bertz CT molecular complexity index is 217. The SMILES string of the molecule is CC(C)NCc1nnn(C)n1. The van der Waals surface area contributed by atoms with Crippen molar-refractivity contribution in [1.29, 1.82) is 0 Å². The van der Waals surface area contributed by atoms with Crippen LogP contribution in [-0.2, 0) is 13.6 Å². The Morgan fingerprint density at radius 1 is 1.55 bits per heavy atom. The molecular formula is C6H13N5. The van der Waals surface area contributed by atoms with Crippen LogP contribution in [0, 0.1) is 0 Å². The normalized spacial score (nSPS) is 10.9. The molecule has 5 heteroatoms. The lowest BCUT2D eigenvalue weighted by Crippen LogP contribution is -2.22. The Balaban J connectivity index is 2.39. The van der Waals surface area contributed by atoms with Crippen LogP contribution in [0.2, 0.25) is 0 Å². The molecule has 62 valence electrons. The molecule has 5 nitrogen and oxygen atoms in total. The van der Waals surface area contributed by atoms with Crippen LogP contribution in [0.3, 0.4) is 0 Å². The summed E-state index contributed by atoms with van der Waals surface area (Å²) in [5, 5.41) is 14.7. The van der Waals surface area contributed by atoms with Crippen LogP contribution in [0.1, 0.15) is 19.7 Å². The quantitative estimate of drug-likeness (QED) is 0.651. The van der Waals surface area contributed by atoms with Gasteiger partial charge in [0.2, 0.25) is 0 Å². The molecule has 0 aliphatic rings. The van der Waals surface area contributed by atoms with E-state index in [1.165, 1.54) is 4.80 Å². The fourth-order valence-corrected chi connectivity index (χ4v) is 0.690. The van der Waals surface area contributed by atoms with E-state index in [1.54, 1.807) is 7.05 Å². The number of nitrogens with zero attached hydrogens (tertiary/aromatic N) is 4. The topological polar surface area (TPSA) is 55.6 Å². The summed E-state index contributed by atoms with van der Waals surface area (Å²) in [6.07, 6.45) is 0. The first-order valence-electron chi connectivity index (χ1n) is 3.64. The van der Waals surface area contributed by atoms with Gasteiger partial charge in [0.15, 0.2) is 5.82 Å². The lowest BCUT2D eigenvalue weighted by atomic mass is 10.4. The summed E-state index contributed by atoms with van der Waals surface area (Å²) < 4.78 is 0. The van der Waals surface area contributed by atoms with E-state index in [0.29, 0.717) is 12.6 Å². The Morgan fingerprint density at radius 3 is 2.73 bits per heavy atom. The van der Waals surface area contributed by atoms with Gasteiger partial charge < -0.3 is 5.32 Å². The average molecular weight is 155 g/mol. The Labute approximate surface area is 65.8 Å². The zero-order chi connectivity index (χ0) is 8.27. The van der Waals surface area contributed by atoms with Gasteiger partial charge in [0.25, 0.3) is 0 Å². The van der Waals surface area contributed by atoms with Gasteiger partial charge in [0, 0.05) is 6.04 Å². The molecule has 1 aromatic rings. The molecule has 0 atom stereocenters. The average Bonchev–Trinajstić information content (AvgIpc) is 2.31. The molecule has 0 aliphatic carbocycles. The molecule has 0 saturated heterocycles. The van der Waals surface area contributed by atoms with E-state index in [1.807, 2.05) is 0 Å². The van der Waals surface area contributed by atoms with E-state index in [2.05, 4.69) is 34.6 Å². The maximum atomic E-state index is 4.01. The van der Waals surface area contributed by atoms with E-state index in [0.717, 1.165) is 5.82 Å². The molecule has 1 aromatic heterocycles. The first kappa shape index (κ1) is 8.13. The van der Waals surface area contributed by atoms with E-state index < -0.39 is 0 Å². The van der Waals surface area contributed by atoms with Crippen molar-refractivity contribution < 1.29 is 0 Å². The van der Waals surface area contributed by atoms with Gasteiger partial charge in [0.1, 0.15) is 0 Å². The van der Waals surface area contributed by atoms with Gasteiger partial charge in [-0.25, -0.2) is 0 Å². The van der Waals surface area contributed by atoms with Gasteiger partial charge in [-0.3, -0.25) is 0 Å². The lowest BCUT2D eigenvalue weighted by Gasteiger charge is -2.02. The monoisotopic (exact) mass is 155 g/mol. The summed E-state index contributed by atoms with van der Waals surface area (Å²) >= 11 is 0. The van der Waals surface area contributed by atoms with Gasteiger partial charge in [0.05, 0.1) is 13.6 Å². The van der Waals surface area contributed by atoms with Gasteiger partial charge in [-0.2, -0.15) is 4.80 Å². The van der Waals surface area contributed by atoms with Crippen molar-refractivity contribution in [3.05, 3.63) is 5.82 Å². The maximum absolute atomic E-state index is 4.01. The number of hydrogen-bond donors (Lipinski definition) is 1.